The Kier molecular flexibility index (Phi) is 11.0. The quantitative estimate of drug-likeness (QED) is 0.0623. The monoisotopic (exact) mass is 658 g/mol. The Morgan fingerprint density at radius 2 is 0.800 bits per heavy atom. The second-order valence-electron chi connectivity index (χ2n) is 10.7. The number of hydrogen-bond acceptors (Lipinski definition) is 8. The largest absolute Gasteiger partial charge is 0.494 e. The summed E-state index contributed by atoms with van der Waals surface area (Å²) in [5.74, 6) is 1.94. The lowest BCUT2D eigenvalue weighted by Gasteiger charge is -2.10. The number of nitrogens with zero attached hydrogens (tertiary/aromatic N) is 6. The zero-order valence-corrected chi connectivity index (χ0v) is 27.5. The number of benzene rings is 6. The Labute approximate surface area is 290 Å². The minimum absolute atomic E-state index is 0.423. The lowest BCUT2D eigenvalue weighted by Crippen LogP contribution is -2.01. The normalized spacial score (nSPS) is 11.9. The third-order valence-corrected chi connectivity index (χ3v) is 7.39. The van der Waals surface area contributed by atoms with Crippen LogP contribution in [0.5, 0.6) is 11.5 Å². The summed E-state index contributed by atoms with van der Waals surface area (Å²) in [5.41, 5.74) is 12.3. The number of hydrogen-bond donors (Lipinski definition) is 2. The fourth-order valence-electron chi connectivity index (χ4n) is 4.81. The minimum Gasteiger partial charge on any atom is -0.494 e. The van der Waals surface area contributed by atoms with Crippen LogP contribution in [-0.2, 0) is 0 Å². The minimum atomic E-state index is 0.423. The van der Waals surface area contributed by atoms with E-state index in [2.05, 4.69) is 41.5 Å². The molecular weight excluding hydrogens is 624 g/mol. The summed E-state index contributed by atoms with van der Waals surface area (Å²) in [6, 6.07) is 50.1. The number of para-hydroxylation sites is 2. The van der Waals surface area contributed by atoms with E-state index in [1.807, 2.05) is 158 Å². The van der Waals surface area contributed by atoms with Gasteiger partial charge in [-0.1, -0.05) is 109 Å². The highest BCUT2D eigenvalue weighted by molar-refractivity contribution is 6.00. The highest BCUT2D eigenvalue weighted by Crippen LogP contribution is 2.37. The van der Waals surface area contributed by atoms with Crippen LogP contribution in [-0.4, -0.2) is 25.9 Å². The van der Waals surface area contributed by atoms with E-state index in [-0.39, 0.29) is 0 Å². The molecule has 10 heteroatoms. The van der Waals surface area contributed by atoms with Gasteiger partial charge in [0.15, 0.2) is 0 Å². The molecule has 6 aromatic rings. The Morgan fingerprint density at radius 1 is 0.440 bits per heavy atom. The van der Waals surface area contributed by atoms with E-state index in [9.17, 15) is 0 Å². The summed E-state index contributed by atoms with van der Waals surface area (Å²) < 4.78 is 11.4. The van der Waals surface area contributed by atoms with Gasteiger partial charge in [0.1, 0.15) is 22.9 Å². The molecule has 0 aliphatic carbocycles. The third kappa shape index (κ3) is 8.69. The topological polar surface area (TPSA) is 117 Å². The molecule has 0 bridgehead atoms. The first-order chi connectivity index (χ1) is 24.7. The number of azo groups is 2. The maximum atomic E-state index is 5.72. The van der Waals surface area contributed by atoms with Crippen LogP contribution < -0.4 is 20.3 Å². The number of methoxy groups -OCH3 is 2. The predicted octanol–water partition coefficient (Wildman–Crippen LogP) is 10.5. The average Bonchev–Trinajstić information content (AvgIpc) is 3.19. The molecule has 0 heterocycles. The SMILES string of the molecule is COc1cc(-c2ccc(N=NC(=NNc3ccccc3)c3ccccc3)c(OC)c2)ccc1N=NC(=NNc1ccccc1)c1ccccc1. The molecular formula is C40H34N8O2. The van der Waals surface area contributed by atoms with Crippen LogP contribution in [0.2, 0.25) is 0 Å². The van der Waals surface area contributed by atoms with Crippen molar-refractivity contribution >= 4 is 34.4 Å². The van der Waals surface area contributed by atoms with Gasteiger partial charge in [-0.05, 0) is 59.7 Å². The molecule has 0 spiro atoms. The molecule has 6 aromatic carbocycles. The van der Waals surface area contributed by atoms with Crippen LogP contribution in [0.3, 0.4) is 0 Å². The van der Waals surface area contributed by atoms with Crippen molar-refractivity contribution in [3.8, 4) is 22.6 Å². The molecule has 0 aromatic heterocycles. The lowest BCUT2D eigenvalue weighted by atomic mass is 10.0. The summed E-state index contributed by atoms with van der Waals surface area (Å²) in [7, 11) is 3.20. The number of nitrogens with one attached hydrogen (secondary N) is 2. The number of hydrazone groups is 2. The molecule has 0 amide bonds. The summed E-state index contributed by atoms with van der Waals surface area (Å²) in [5, 5.41) is 27.0. The van der Waals surface area contributed by atoms with E-state index in [1.165, 1.54) is 0 Å². The summed E-state index contributed by atoms with van der Waals surface area (Å²) in [6.45, 7) is 0. The first kappa shape index (κ1) is 33.0. The molecule has 0 radical (unpaired) electrons. The first-order valence-corrected chi connectivity index (χ1v) is 15.8. The van der Waals surface area contributed by atoms with E-state index in [1.54, 1.807) is 14.2 Å². The van der Waals surface area contributed by atoms with Gasteiger partial charge in [-0.15, -0.1) is 20.5 Å². The molecule has 0 aliphatic rings. The Hall–Kier alpha value is -6.94. The van der Waals surface area contributed by atoms with Crippen LogP contribution in [0.25, 0.3) is 11.1 Å². The van der Waals surface area contributed by atoms with Crippen molar-refractivity contribution in [3.63, 3.8) is 0 Å². The van der Waals surface area contributed by atoms with E-state index in [0.29, 0.717) is 34.5 Å². The molecule has 6 rings (SSSR count). The molecule has 0 saturated heterocycles. The van der Waals surface area contributed by atoms with Crippen LogP contribution in [0.4, 0.5) is 22.7 Å². The van der Waals surface area contributed by atoms with E-state index < -0.39 is 0 Å². The lowest BCUT2D eigenvalue weighted by molar-refractivity contribution is 0.415. The van der Waals surface area contributed by atoms with E-state index in [0.717, 1.165) is 33.6 Å². The summed E-state index contributed by atoms with van der Waals surface area (Å²) >= 11 is 0. The number of anilines is 2. The number of rotatable bonds is 11. The van der Waals surface area contributed by atoms with E-state index >= 15 is 0 Å². The Morgan fingerprint density at radius 3 is 1.16 bits per heavy atom. The van der Waals surface area contributed by atoms with Gasteiger partial charge in [0.25, 0.3) is 0 Å². The van der Waals surface area contributed by atoms with Gasteiger partial charge in [-0.25, -0.2) is 0 Å². The van der Waals surface area contributed by atoms with Crippen LogP contribution >= 0.6 is 0 Å². The fraction of sp³-hybridized carbons (Fsp3) is 0.0500. The van der Waals surface area contributed by atoms with Gasteiger partial charge >= 0.3 is 0 Å². The summed E-state index contributed by atoms with van der Waals surface area (Å²) in [6.07, 6.45) is 0. The van der Waals surface area contributed by atoms with Gasteiger partial charge in [0.2, 0.25) is 11.7 Å². The standard InChI is InChI=1S/C40H34N8O2/c1-49-37-27-31(23-25-35(37)43-47-39(29-15-7-3-8-16-29)45-41-33-19-11-5-12-20-33)32-24-26-36(38(28-32)50-2)44-48-40(30-17-9-4-10-18-30)46-42-34-21-13-6-14-22-34/h3-28,41-42H,1-2H3. The third-order valence-electron chi connectivity index (χ3n) is 7.39. The van der Waals surface area contributed by atoms with Crippen LogP contribution in [0.1, 0.15) is 11.1 Å². The van der Waals surface area contributed by atoms with E-state index in [4.69, 9.17) is 9.47 Å². The Bertz CT molecular complexity index is 1970. The smallest absolute Gasteiger partial charge is 0.201 e. The number of ether oxygens (including phenoxy) is 2. The van der Waals surface area contributed by atoms with Gasteiger partial charge in [-0.2, -0.15) is 10.2 Å². The highest BCUT2D eigenvalue weighted by Gasteiger charge is 2.11. The zero-order chi connectivity index (χ0) is 34.4. The van der Waals surface area contributed by atoms with Crippen molar-refractivity contribution in [1.82, 2.24) is 0 Å². The first-order valence-electron chi connectivity index (χ1n) is 15.8. The summed E-state index contributed by atoms with van der Waals surface area (Å²) in [4.78, 5) is 0. The van der Waals surface area contributed by atoms with Crippen molar-refractivity contribution < 1.29 is 9.47 Å². The molecule has 0 fully saturated rings. The molecule has 0 atom stereocenters. The second-order valence-corrected chi connectivity index (χ2v) is 10.7. The van der Waals surface area contributed by atoms with Crippen molar-refractivity contribution in [2.45, 2.75) is 0 Å². The predicted molar refractivity (Wildman–Crippen MR) is 200 cm³/mol. The van der Waals surface area contributed by atoms with Gasteiger partial charge in [0, 0.05) is 11.1 Å². The van der Waals surface area contributed by atoms with Gasteiger partial charge in [0.05, 0.1) is 25.6 Å². The molecule has 10 nitrogen and oxygen atoms in total. The van der Waals surface area contributed by atoms with Gasteiger partial charge < -0.3 is 9.47 Å². The molecule has 0 aliphatic heterocycles. The van der Waals surface area contributed by atoms with Crippen molar-refractivity contribution in [2.24, 2.45) is 30.7 Å². The molecule has 0 unspecified atom stereocenters. The molecule has 50 heavy (non-hydrogen) atoms. The van der Waals surface area contributed by atoms with Crippen molar-refractivity contribution in [3.05, 3.63) is 169 Å². The number of amidine groups is 2. The van der Waals surface area contributed by atoms with Crippen molar-refractivity contribution in [2.75, 3.05) is 25.1 Å². The van der Waals surface area contributed by atoms with Crippen LogP contribution in [0, 0.1) is 0 Å². The zero-order valence-electron chi connectivity index (χ0n) is 27.5. The van der Waals surface area contributed by atoms with Crippen LogP contribution in [0.15, 0.2) is 188 Å². The molecule has 246 valence electrons. The fourth-order valence-corrected chi connectivity index (χ4v) is 4.81. The Balaban J connectivity index is 1.24. The molecule has 2 N–H and O–H groups in total. The van der Waals surface area contributed by atoms with Crippen molar-refractivity contribution in [1.29, 1.82) is 0 Å². The maximum Gasteiger partial charge on any atom is 0.201 e. The second kappa shape index (κ2) is 16.8. The maximum absolute atomic E-state index is 5.72. The molecule has 0 saturated carbocycles. The van der Waals surface area contributed by atoms with Gasteiger partial charge in [-0.3, -0.25) is 10.9 Å². The average molecular weight is 659 g/mol. The highest BCUT2D eigenvalue weighted by atomic mass is 16.5.